The summed E-state index contributed by atoms with van der Waals surface area (Å²) >= 11 is 0. The maximum atomic E-state index is 12.8. The van der Waals surface area contributed by atoms with E-state index in [0.29, 0.717) is 11.7 Å². The van der Waals surface area contributed by atoms with Crippen LogP contribution >= 0.6 is 0 Å². The molecule has 7 aromatic rings. The third-order valence-corrected chi connectivity index (χ3v) is 14.2. The van der Waals surface area contributed by atoms with Gasteiger partial charge in [0.25, 0.3) is 6.71 Å². The topological polar surface area (TPSA) is 26.7 Å². The van der Waals surface area contributed by atoms with Gasteiger partial charge in [-0.3, -0.25) is 0 Å². The van der Waals surface area contributed by atoms with Gasteiger partial charge >= 0.3 is 0 Å². The van der Waals surface area contributed by atoms with Gasteiger partial charge in [-0.2, -0.15) is 0 Å². The average Bonchev–Trinajstić information content (AvgIpc) is 3.26. The summed E-state index contributed by atoms with van der Waals surface area (Å²) in [6.45, 7) is 4.30. The van der Waals surface area contributed by atoms with Gasteiger partial charge in [-0.15, -0.1) is 0 Å². The van der Waals surface area contributed by atoms with Crippen LogP contribution in [0.4, 0.5) is 28.4 Å². The van der Waals surface area contributed by atoms with Gasteiger partial charge in [0.1, 0.15) is 5.75 Å². The van der Waals surface area contributed by atoms with Crippen molar-refractivity contribution in [3.8, 4) is 28.0 Å². The Hall–Kier alpha value is -6.00. The zero-order valence-electron chi connectivity index (χ0n) is 34.1. The first-order valence-corrected chi connectivity index (χ1v) is 21.9. The fourth-order valence-corrected chi connectivity index (χ4v) is 12.1. The summed E-state index contributed by atoms with van der Waals surface area (Å²) in [7, 11) is 0. The number of hydrogen-bond donors (Lipinski definition) is 1. The van der Waals surface area contributed by atoms with Crippen LogP contribution in [0.1, 0.15) is 63.9 Å². The molecule has 0 aromatic heterocycles. The first-order chi connectivity index (χ1) is 28.9. The second-order valence-electron chi connectivity index (χ2n) is 18.4. The molecule has 0 spiro atoms. The summed E-state index contributed by atoms with van der Waals surface area (Å²) in [6, 6.07) is 61.9. The normalized spacial score (nSPS) is 21.4. The number of rotatable bonds is 8. The molecular weight excluding hydrogens is 715 g/mol. The summed E-state index contributed by atoms with van der Waals surface area (Å²) in [5.74, 6) is 3.14. The lowest BCUT2D eigenvalue weighted by molar-refractivity contribution is 0.000633. The second-order valence-corrected chi connectivity index (χ2v) is 18.4. The molecule has 290 valence electrons. The molecule has 4 aliphatic carbocycles. The van der Waals surface area contributed by atoms with Crippen LogP contribution in [0, 0.1) is 17.8 Å². The second kappa shape index (κ2) is 14.4. The Balaban J connectivity index is 1.15. The van der Waals surface area contributed by atoms with E-state index >= 15 is 0 Å². The first-order valence-electron chi connectivity index (χ1n) is 21.9. The largest absolute Gasteiger partial charge is 0.508 e. The summed E-state index contributed by atoms with van der Waals surface area (Å²) in [5, 5.41) is 12.8. The molecule has 4 saturated carbocycles. The van der Waals surface area contributed by atoms with Crippen molar-refractivity contribution in [2.24, 2.45) is 17.8 Å². The van der Waals surface area contributed by atoms with E-state index in [1.807, 2.05) is 6.07 Å². The molecule has 0 saturated heterocycles. The molecule has 59 heavy (non-hydrogen) atoms. The molecular formula is C55H51BN2O. The molecule has 4 fully saturated rings. The van der Waals surface area contributed by atoms with Crippen LogP contribution in [0.2, 0.25) is 0 Å². The molecule has 1 heterocycles. The lowest BCUT2D eigenvalue weighted by Crippen LogP contribution is -2.65. The zero-order valence-corrected chi connectivity index (χ0v) is 34.1. The number of para-hydroxylation sites is 2. The third-order valence-electron chi connectivity index (χ3n) is 14.2. The fourth-order valence-electron chi connectivity index (χ4n) is 12.1. The van der Waals surface area contributed by atoms with Crippen LogP contribution in [0.3, 0.4) is 0 Å². The molecule has 3 nitrogen and oxygen atoms in total. The number of nitrogens with zero attached hydrogens (tertiary/aromatic N) is 2. The van der Waals surface area contributed by atoms with Gasteiger partial charge in [0, 0.05) is 34.0 Å². The highest BCUT2D eigenvalue weighted by Crippen LogP contribution is 2.60. The number of phenols is 1. The van der Waals surface area contributed by atoms with Crippen LogP contribution in [0.25, 0.3) is 22.3 Å². The van der Waals surface area contributed by atoms with Crippen LogP contribution in [-0.2, 0) is 0 Å². The maximum absolute atomic E-state index is 12.8. The lowest BCUT2D eigenvalue weighted by Gasteiger charge is -2.62. The molecule has 4 heteroatoms. The van der Waals surface area contributed by atoms with Gasteiger partial charge in [0.2, 0.25) is 0 Å². The average molecular weight is 767 g/mol. The molecule has 5 aliphatic rings. The van der Waals surface area contributed by atoms with Crippen molar-refractivity contribution in [2.75, 3.05) is 9.80 Å². The van der Waals surface area contributed by atoms with Gasteiger partial charge in [0.05, 0.1) is 0 Å². The van der Waals surface area contributed by atoms with Crippen LogP contribution in [0.5, 0.6) is 5.75 Å². The predicted molar refractivity (Wildman–Crippen MR) is 248 cm³/mol. The lowest BCUT2D eigenvalue weighted by atomic mass is 9.34. The van der Waals surface area contributed by atoms with Gasteiger partial charge < -0.3 is 14.9 Å². The Morgan fingerprint density at radius 1 is 0.542 bits per heavy atom. The Kier molecular flexibility index (Phi) is 8.80. The van der Waals surface area contributed by atoms with Crippen molar-refractivity contribution in [3.05, 3.63) is 175 Å². The highest BCUT2D eigenvalue weighted by atomic mass is 16.3. The van der Waals surface area contributed by atoms with Crippen molar-refractivity contribution in [2.45, 2.75) is 63.8 Å². The summed E-state index contributed by atoms with van der Waals surface area (Å²) in [5.41, 5.74) is 15.2. The van der Waals surface area contributed by atoms with E-state index in [1.54, 1.807) is 0 Å². The van der Waals surface area contributed by atoms with E-state index in [4.69, 9.17) is 0 Å². The number of hydrogen-bond acceptors (Lipinski definition) is 3. The molecule has 0 radical (unpaired) electrons. The summed E-state index contributed by atoms with van der Waals surface area (Å²) < 4.78 is 0. The van der Waals surface area contributed by atoms with Crippen molar-refractivity contribution in [3.63, 3.8) is 0 Å². The minimum atomic E-state index is -0.195. The monoisotopic (exact) mass is 766 g/mol. The van der Waals surface area contributed by atoms with E-state index in [-0.39, 0.29) is 12.3 Å². The first kappa shape index (κ1) is 36.1. The smallest absolute Gasteiger partial charge is 0.251 e. The molecule has 7 aromatic carbocycles. The third kappa shape index (κ3) is 6.27. The van der Waals surface area contributed by atoms with Crippen molar-refractivity contribution in [1.82, 2.24) is 0 Å². The minimum absolute atomic E-state index is 0.0172. The van der Waals surface area contributed by atoms with E-state index in [9.17, 15) is 5.11 Å². The van der Waals surface area contributed by atoms with Crippen molar-refractivity contribution >= 4 is 51.5 Å². The van der Waals surface area contributed by atoms with Crippen LogP contribution < -0.4 is 26.2 Å². The molecule has 12 rings (SSSR count). The molecule has 4 bridgehead atoms. The number of aromatic hydroxyl groups is 1. The summed E-state index contributed by atoms with van der Waals surface area (Å²) in [4.78, 5) is 5.13. The molecule has 0 atom stereocenters. The predicted octanol–water partition coefficient (Wildman–Crippen LogP) is 12.3. The Labute approximate surface area is 350 Å². The van der Waals surface area contributed by atoms with Crippen molar-refractivity contribution in [1.29, 1.82) is 0 Å². The quantitative estimate of drug-likeness (QED) is 0.156. The Morgan fingerprint density at radius 3 is 1.71 bits per heavy atom. The maximum Gasteiger partial charge on any atom is 0.251 e. The highest BCUT2D eigenvalue weighted by Gasteiger charge is 2.56. The fraction of sp³-hybridized carbons (Fsp3) is 0.236. The minimum Gasteiger partial charge on any atom is -0.508 e. The molecule has 0 amide bonds. The van der Waals surface area contributed by atoms with Gasteiger partial charge in [-0.05, 0) is 156 Å². The Bertz CT molecular complexity index is 2560. The number of anilines is 5. The summed E-state index contributed by atoms with van der Waals surface area (Å²) in [6.07, 6.45) is 7.78. The van der Waals surface area contributed by atoms with Crippen molar-refractivity contribution < 1.29 is 5.11 Å². The zero-order chi connectivity index (χ0) is 39.7. The Morgan fingerprint density at radius 2 is 1.10 bits per heavy atom. The van der Waals surface area contributed by atoms with Gasteiger partial charge in [0.15, 0.2) is 0 Å². The van der Waals surface area contributed by atoms with E-state index in [0.717, 1.165) is 51.4 Å². The number of phenolic OH excluding ortho intramolecular Hbond substituents is 1. The number of fused-ring (bicyclic) bond motifs is 2. The standard InChI is InChI=1S/C55H51BN2O/c1-37(2)41-21-23-43(24-22-41)45-31-52-54(53(59)32-45)56(46-15-12-20-49(33-46)57(47-16-8-4-9-17-47)48-18-10-5-11-19-48)50-30-44(42-13-6-3-7-14-42)25-26-51(50)58(52)55-34-38-27-39(35-55)29-40(28-38)36-55/h3-26,30-33,37-40,59H,27-29,34-36H2,1-2H3. The molecule has 1 aliphatic heterocycles. The van der Waals surface area contributed by atoms with Gasteiger partial charge in [-0.25, -0.2) is 0 Å². The number of benzene rings is 7. The van der Waals surface area contributed by atoms with E-state index < -0.39 is 0 Å². The SMILES string of the molecule is CC(C)c1ccc(-c2cc(O)c3c(c2)N(C24CC5CC(CC(C5)C2)C4)c2ccc(-c4ccccc4)cc2B3c2cccc(N(c3ccccc3)c3ccccc3)c2)cc1. The molecule has 1 N–H and O–H groups in total. The highest BCUT2D eigenvalue weighted by molar-refractivity contribution is 6.98. The van der Waals surface area contributed by atoms with Crippen LogP contribution in [0.15, 0.2) is 170 Å². The van der Waals surface area contributed by atoms with E-state index in [2.05, 4.69) is 187 Å². The molecule has 0 unspecified atom stereocenters. The van der Waals surface area contributed by atoms with Gasteiger partial charge in [-0.1, -0.05) is 135 Å². The van der Waals surface area contributed by atoms with E-state index in [1.165, 1.54) is 77.5 Å². The van der Waals surface area contributed by atoms with Crippen LogP contribution in [-0.4, -0.2) is 17.4 Å².